The lowest BCUT2D eigenvalue weighted by atomic mass is 10.9. The summed E-state index contributed by atoms with van der Waals surface area (Å²) in [5.74, 6) is 0.387. The molecule has 0 spiro atoms. The van der Waals surface area contributed by atoms with E-state index in [1.807, 2.05) is 14.1 Å². The van der Waals surface area contributed by atoms with Crippen molar-refractivity contribution in [2.75, 3.05) is 25.8 Å². The van der Waals surface area contributed by atoms with Crippen molar-refractivity contribution in [3.05, 3.63) is 0 Å². The summed E-state index contributed by atoms with van der Waals surface area (Å²) in [5.41, 5.74) is 0. The second kappa shape index (κ2) is 9.93. The number of nitrogens with one attached hydrogen (secondary N) is 1. The minimum atomic E-state index is -0.991. The van der Waals surface area contributed by atoms with E-state index in [1.165, 1.54) is 0 Å². The lowest BCUT2D eigenvalue weighted by Gasteiger charge is -2.10. The third-order valence-electron chi connectivity index (χ3n) is 0.612. The van der Waals surface area contributed by atoms with Crippen LogP contribution in [-0.4, -0.2) is 41.9 Å². The number of nitrogens with zero attached hydrogens (tertiary/aromatic N) is 1. The number of carbonyl (C=O) groups is 1. The van der Waals surface area contributed by atoms with E-state index in [0.29, 0.717) is 0 Å². The fraction of sp³-hybridized carbons (Fsp3) is 0.800. The lowest BCUT2D eigenvalue weighted by molar-refractivity contribution is 0.161. The molecule has 2 N–H and O–H groups in total. The molecule has 0 bridgehead atoms. The first kappa shape index (κ1) is 13.5. The Morgan fingerprint density at radius 2 is 1.73 bits per heavy atom. The molecule has 0 radical (unpaired) electrons. The molecule has 0 unspecified atom stereocenters. The van der Waals surface area contributed by atoms with Gasteiger partial charge in [-0.3, -0.25) is 4.90 Å². The Balaban J connectivity index is 0. The van der Waals surface area contributed by atoms with Gasteiger partial charge in [0.25, 0.3) is 0 Å². The van der Waals surface area contributed by atoms with E-state index < -0.39 is 6.09 Å². The maximum atomic E-state index is 9.99. The zero-order valence-electron chi connectivity index (χ0n) is 6.61. The zero-order valence-corrected chi connectivity index (χ0v) is 8.40. The molecule has 0 rings (SSSR count). The van der Waals surface area contributed by atoms with Gasteiger partial charge in [-0.25, -0.2) is 4.79 Å². The van der Waals surface area contributed by atoms with Gasteiger partial charge in [0.1, 0.15) is 0 Å². The van der Waals surface area contributed by atoms with Crippen LogP contribution < -0.4 is 5.32 Å². The Bertz CT molecular complexity index is 98.5. The Kier molecular flexibility index (Phi) is 12.2. The third kappa shape index (κ3) is 9.93. The highest BCUT2D eigenvalue weighted by Crippen LogP contribution is 1.92. The summed E-state index contributed by atoms with van der Waals surface area (Å²) in [4.78, 5) is 11.1. The van der Waals surface area contributed by atoms with E-state index in [-0.39, 0.29) is 11.8 Å². The fourth-order valence-electron chi connectivity index (χ4n) is 0.166. The van der Waals surface area contributed by atoms with Crippen molar-refractivity contribution in [1.29, 1.82) is 0 Å². The summed E-state index contributed by atoms with van der Waals surface area (Å²) >= 11 is 7.46. The summed E-state index contributed by atoms with van der Waals surface area (Å²) in [6.45, 7) is 0. The summed E-state index contributed by atoms with van der Waals surface area (Å²) in [5, 5.41) is 11.0. The molecule has 6 heteroatoms. The molecule has 4 nitrogen and oxygen atoms in total. The topological polar surface area (TPSA) is 52.6 Å². The van der Waals surface area contributed by atoms with Crippen LogP contribution in [0.3, 0.4) is 0 Å². The van der Waals surface area contributed by atoms with E-state index in [4.69, 9.17) is 5.11 Å². The normalized spacial score (nSPS) is 8.00. The van der Waals surface area contributed by atoms with Gasteiger partial charge in [0.15, 0.2) is 0 Å². The Morgan fingerprint density at radius 1 is 1.45 bits per heavy atom. The van der Waals surface area contributed by atoms with E-state index in [1.54, 1.807) is 0 Å². The van der Waals surface area contributed by atoms with Crippen molar-refractivity contribution >= 4 is 31.4 Å². The molecule has 11 heavy (non-hydrogen) atoms. The van der Waals surface area contributed by atoms with Crippen molar-refractivity contribution in [3.8, 4) is 0 Å². The smallest absolute Gasteiger partial charge is 0.408 e. The van der Waals surface area contributed by atoms with Gasteiger partial charge in [0, 0.05) is 0 Å². The monoisotopic (exact) mass is 198 g/mol. The van der Waals surface area contributed by atoms with E-state index in [2.05, 4.69) is 30.6 Å². The summed E-state index contributed by atoms with van der Waals surface area (Å²) in [7, 11) is 3.75. The van der Waals surface area contributed by atoms with Crippen LogP contribution in [0.25, 0.3) is 0 Å². The number of rotatable bonds is 2. The zero-order chi connectivity index (χ0) is 9.28. The van der Waals surface area contributed by atoms with Gasteiger partial charge in [-0.1, -0.05) is 0 Å². The van der Waals surface area contributed by atoms with Crippen LogP contribution in [0.2, 0.25) is 0 Å². The summed E-state index contributed by atoms with van der Waals surface area (Å²) in [6, 6.07) is 0. The number of hydrogen-bond acceptors (Lipinski definition) is 4. The number of thiol groups is 2. The van der Waals surface area contributed by atoms with E-state index >= 15 is 0 Å². The molecule has 68 valence electrons. The maximum Gasteiger partial charge on any atom is 0.408 e. The summed E-state index contributed by atoms with van der Waals surface area (Å²) < 4.78 is 0. The predicted molar refractivity (Wildman–Crippen MR) is 52.6 cm³/mol. The van der Waals surface area contributed by atoms with E-state index in [0.717, 1.165) is 4.90 Å². The molecule has 0 saturated carbocycles. The third-order valence-corrected chi connectivity index (χ3v) is 1.29. The molecule has 0 aliphatic rings. The van der Waals surface area contributed by atoms with Crippen LogP contribution in [-0.2, 0) is 0 Å². The fourth-order valence-corrected chi connectivity index (χ4v) is 0.765. The Labute approximate surface area is 77.8 Å². The quantitative estimate of drug-likeness (QED) is 0.388. The van der Waals surface area contributed by atoms with Crippen molar-refractivity contribution in [1.82, 2.24) is 10.2 Å². The van der Waals surface area contributed by atoms with Gasteiger partial charge in [-0.2, -0.15) is 25.3 Å². The van der Waals surface area contributed by atoms with Crippen molar-refractivity contribution < 1.29 is 9.90 Å². The van der Waals surface area contributed by atoms with Crippen molar-refractivity contribution in [2.24, 2.45) is 0 Å². The first-order valence-electron chi connectivity index (χ1n) is 2.92. The molecule has 0 aliphatic carbocycles. The number of carboxylic acid groups (broad SMARTS) is 1. The SMILES string of the molecule is CNC.O=C(O)N(CS)CS. The van der Waals surface area contributed by atoms with Crippen LogP contribution in [0.1, 0.15) is 0 Å². The average Bonchev–Trinajstić information content (AvgIpc) is 1.91. The van der Waals surface area contributed by atoms with Crippen molar-refractivity contribution in [2.45, 2.75) is 0 Å². The minimum Gasteiger partial charge on any atom is -0.465 e. The largest absolute Gasteiger partial charge is 0.465 e. The molecule has 0 aromatic rings. The van der Waals surface area contributed by atoms with Crippen LogP contribution in [0, 0.1) is 0 Å². The molecule has 0 saturated heterocycles. The van der Waals surface area contributed by atoms with Gasteiger partial charge >= 0.3 is 6.09 Å². The highest BCUT2D eigenvalue weighted by Gasteiger charge is 2.04. The predicted octanol–water partition coefficient (Wildman–Crippen LogP) is 0.577. The second-order valence-corrected chi connectivity index (χ2v) is 2.17. The standard InChI is InChI=1S/C3H7NO2S2.C2H7N/c5-3(6)4(1-7)2-8;1-3-2/h7-8H,1-2H2,(H,5,6);3H,1-2H3. The van der Waals surface area contributed by atoms with Gasteiger partial charge in [-0.15, -0.1) is 0 Å². The van der Waals surface area contributed by atoms with Gasteiger partial charge in [-0.05, 0) is 14.1 Å². The lowest BCUT2D eigenvalue weighted by Crippen LogP contribution is -2.26. The van der Waals surface area contributed by atoms with Crippen molar-refractivity contribution in [3.63, 3.8) is 0 Å². The highest BCUT2D eigenvalue weighted by atomic mass is 32.1. The average molecular weight is 198 g/mol. The molecular formula is C5H14N2O2S2. The second-order valence-electron chi connectivity index (χ2n) is 1.61. The molecular weight excluding hydrogens is 184 g/mol. The molecule has 1 amide bonds. The van der Waals surface area contributed by atoms with Crippen LogP contribution in [0.4, 0.5) is 4.79 Å². The molecule has 0 heterocycles. The molecule has 0 atom stereocenters. The highest BCUT2D eigenvalue weighted by molar-refractivity contribution is 7.81. The summed E-state index contributed by atoms with van der Waals surface area (Å²) in [6.07, 6.45) is -0.991. The number of amides is 1. The first-order chi connectivity index (χ1) is 5.13. The number of hydrogen-bond donors (Lipinski definition) is 4. The molecule has 0 aliphatic heterocycles. The Morgan fingerprint density at radius 3 is 1.73 bits per heavy atom. The molecule has 0 fully saturated rings. The van der Waals surface area contributed by atoms with Crippen LogP contribution >= 0.6 is 25.3 Å². The van der Waals surface area contributed by atoms with Crippen LogP contribution in [0.15, 0.2) is 0 Å². The van der Waals surface area contributed by atoms with E-state index in [9.17, 15) is 4.79 Å². The Hall–Kier alpha value is -0.0700. The van der Waals surface area contributed by atoms with Gasteiger partial charge < -0.3 is 10.4 Å². The van der Waals surface area contributed by atoms with Crippen LogP contribution in [0.5, 0.6) is 0 Å². The van der Waals surface area contributed by atoms with Gasteiger partial charge in [0.2, 0.25) is 0 Å². The first-order valence-corrected chi connectivity index (χ1v) is 4.18. The van der Waals surface area contributed by atoms with Gasteiger partial charge in [0.05, 0.1) is 11.8 Å². The molecule has 0 aromatic heterocycles. The maximum absolute atomic E-state index is 9.99. The molecule has 0 aromatic carbocycles. The minimum absolute atomic E-state index is 0.193.